The summed E-state index contributed by atoms with van der Waals surface area (Å²) in [6.45, 7) is 4.15. The van der Waals surface area contributed by atoms with Crippen molar-refractivity contribution in [2.75, 3.05) is 5.73 Å². The Morgan fingerprint density at radius 1 is 1.43 bits per heavy atom. The summed E-state index contributed by atoms with van der Waals surface area (Å²) in [7, 11) is -3.93. The molecule has 0 heterocycles. The van der Waals surface area contributed by atoms with E-state index in [1.807, 2.05) is 0 Å². The fourth-order valence-electron chi connectivity index (χ4n) is 2.72. The molecular weight excluding hydrogens is 294 g/mol. The van der Waals surface area contributed by atoms with Gasteiger partial charge in [-0.2, -0.15) is 0 Å². The van der Waals surface area contributed by atoms with Gasteiger partial charge in [0.2, 0.25) is 10.0 Å². The van der Waals surface area contributed by atoms with Crippen LogP contribution in [0.25, 0.3) is 0 Å². The second kappa shape index (κ2) is 5.27. The quantitative estimate of drug-likeness (QED) is 0.501. The molecule has 1 aromatic carbocycles. The third-order valence-corrected chi connectivity index (χ3v) is 5.33. The molecule has 1 aliphatic rings. The van der Waals surface area contributed by atoms with Gasteiger partial charge in [0.05, 0.1) is 4.92 Å². The van der Waals surface area contributed by atoms with Crippen molar-refractivity contribution in [3.8, 4) is 0 Å². The second-order valence-corrected chi connectivity index (χ2v) is 7.89. The lowest BCUT2D eigenvalue weighted by Gasteiger charge is -2.18. The Morgan fingerprint density at radius 2 is 2.10 bits per heavy atom. The van der Waals surface area contributed by atoms with Gasteiger partial charge in [0.1, 0.15) is 0 Å². The fourth-order valence-corrected chi connectivity index (χ4v) is 4.15. The van der Waals surface area contributed by atoms with Crippen LogP contribution in [0, 0.1) is 15.5 Å². The van der Waals surface area contributed by atoms with Crippen LogP contribution in [0.3, 0.4) is 0 Å². The molecule has 1 fully saturated rings. The normalized spacial score (nSPS) is 21.3. The van der Waals surface area contributed by atoms with Gasteiger partial charge in [-0.3, -0.25) is 10.1 Å². The second-order valence-electron chi connectivity index (χ2n) is 6.21. The Kier molecular flexibility index (Phi) is 3.94. The zero-order chi connectivity index (χ0) is 15.8. The molecule has 0 bridgehead atoms. The van der Waals surface area contributed by atoms with Crippen LogP contribution >= 0.6 is 0 Å². The molecule has 1 saturated carbocycles. The molecule has 1 atom stereocenters. The van der Waals surface area contributed by atoms with E-state index in [4.69, 9.17) is 5.73 Å². The number of nitrogens with zero attached hydrogens (tertiary/aromatic N) is 1. The Morgan fingerprint density at radius 3 is 2.62 bits per heavy atom. The van der Waals surface area contributed by atoms with Gasteiger partial charge in [-0.25, -0.2) is 13.1 Å². The summed E-state index contributed by atoms with van der Waals surface area (Å²) in [6, 6.07) is 3.39. The van der Waals surface area contributed by atoms with E-state index >= 15 is 0 Å². The van der Waals surface area contributed by atoms with Crippen LogP contribution in [0.4, 0.5) is 11.4 Å². The summed E-state index contributed by atoms with van der Waals surface area (Å²) in [5.74, 6) is 0. The number of rotatable bonds is 4. The van der Waals surface area contributed by atoms with Crippen molar-refractivity contribution >= 4 is 21.4 Å². The summed E-state index contributed by atoms with van der Waals surface area (Å²) in [4.78, 5) is 9.94. The van der Waals surface area contributed by atoms with Crippen LogP contribution in [0.2, 0.25) is 0 Å². The summed E-state index contributed by atoms with van der Waals surface area (Å²) in [6.07, 6.45) is 2.37. The van der Waals surface area contributed by atoms with Crippen molar-refractivity contribution in [1.29, 1.82) is 0 Å². The van der Waals surface area contributed by atoms with Gasteiger partial charge in [0.25, 0.3) is 5.69 Å². The standard InChI is InChI=1S/C13H19N3O4S/c1-13(2)6-5-10(8-13)15-21(19,20)12-4-3-9(14)7-11(12)16(17)18/h3-4,7,10,15H,5-6,8,14H2,1-2H3. The minimum absolute atomic E-state index is 0.0836. The molecule has 1 aromatic rings. The number of nitrogens with one attached hydrogen (secondary N) is 1. The maximum Gasteiger partial charge on any atom is 0.291 e. The molecule has 0 amide bonds. The van der Waals surface area contributed by atoms with Crippen LogP contribution in [0.1, 0.15) is 33.1 Å². The number of hydrogen-bond acceptors (Lipinski definition) is 5. The van der Waals surface area contributed by atoms with Crippen molar-refractivity contribution in [3.05, 3.63) is 28.3 Å². The number of benzene rings is 1. The number of sulfonamides is 1. The number of nitro benzene ring substituents is 1. The number of nitrogens with two attached hydrogens (primary N) is 1. The molecule has 7 nitrogen and oxygen atoms in total. The monoisotopic (exact) mass is 313 g/mol. The average Bonchev–Trinajstić information content (AvgIpc) is 2.67. The molecule has 2 rings (SSSR count). The van der Waals surface area contributed by atoms with Gasteiger partial charge in [-0.15, -0.1) is 0 Å². The highest BCUT2D eigenvalue weighted by Crippen LogP contribution is 2.38. The number of nitrogen functional groups attached to an aromatic ring is 1. The van der Waals surface area contributed by atoms with Gasteiger partial charge < -0.3 is 5.73 Å². The molecule has 0 saturated heterocycles. The Bertz CT molecular complexity index is 670. The zero-order valence-electron chi connectivity index (χ0n) is 12.0. The molecule has 0 radical (unpaired) electrons. The molecule has 116 valence electrons. The van der Waals surface area contributed by atoms with Crippen LogP contribution in [-0.4, -0.2) is 19.4 Å². The largest absolute Gasteiger partial charge is 0.399 e. The Hall–Kier alpha value is -1.67. The van der Waals surface area contributed by atoms with E-state index in [0.717, 1.165) is 25.3 Å². The van der Waals surface area contributed by atoms with Gasteiger partial charge in [0, 0.05) is 17.8 Å². The molecule has 21 heavy (non-hydrogen) atoms. The first-order chi connectivity index (χ1) is 9.61. The first-order valence-corrected chi connectivity index (χ1v) is 8.15. The lowest BCUT2D eigenvalue weighted by atomic mass is 9.92. The summed E-state index contributed by atoms with van der Waals surface area (Å²) in [5.41, 5.74) is 5.23. The molecule has 1 unspecified atom stereocenters. The van der Waals surface area contributed by atoms with Gasteiger partial charge >= 0.3 is 0 Å². The van der Waals surface area contributed by atoms with Crippen LogP contribution in [-0.2, 0) is 10.0 Å². The average molecular weight is 313 g/mol. The lowest BCUT2D eigenvalue weighted by molar-refractivity contribution is -0.387. The van der Waals surface area contributed by atoms with E-state index in [-0.39, 0.29) is 22.0 Å². The molecular formula is C13H19N3O4S. The summed E-state index contributed by atoms with van der Waals surface area (Å²) in [5, 5.41) is 11.0. The first kappa shape index (κ1) is 15.7. The van der Waals surface area contributed by atoms with Gasteiger partial charge in [-0.05, 0) is 36.8 Å². The van der Waals surface area contributed by atoms with Crippen LogP contribution in [0.5, 0.6) is 0 Å². The zero-order valence-corrected chi connectivity index (χ0v) is 12.8. The highest BCUT2D eigenvalue weighted by atomic mass is 32.2. The van der Waals surface area contributed by atoms with E-state index < -0.39 is 20.6 Å². The van der Waals surface area contributed by atoms with Crippen molar-refractivity contribution < 1.29 is 13.3 Å². The predicted octanol–water partition coefficient (Wildman–Crippen LogP) is 2.03. The highest BCUT2D eigenvalue weighted by molar-refractivity contribution is 7.89. The number of anilines is 1. The van der Waals surface area contributed by atoms with Crippen LogP contribution in [0.15, 0.2) is 23.1 Å². The van der Waals surface area contributed by atoms with Crippen molar-refractivity contribution in [2.24, 2.45) is 5.41 Å². The lowest BCUT2D eigenvalue weighted by Crippen LogP contribution is -2.33. The topological polar surface area (TPSA) is 115 Å². The molecule has 0 aromatic heterocycles. The molecule has 8 heteroatoms. The Labute approximate surface area is 123 Å². The fraction of sp³-hybridized carbons (Fsp3) is 0.538. The minimum atomic E-state index is -3.93. The first-order valence-electron chi connectivity index (χ1n) is 6.67. The van der Waals surface area contributed by atoms with Crippen molar-refractivity contribution in [1.82, 2.24) is 4.72 Å². The minimum Gasteiger partial charge on any atom is -0.399 e. The SMILES string of the molecule is CC1(C)CCC(NS(=O)(=O)c2ccc(N)cc2[N+](=O)[O-])C1. The molecule has 3 N–H and O–H groups in total. The van der Waals surface area contributed by atoms with Crippen molar-refractivity contribution in [2.45, 2.75) is 44.0 Å². The molecule has 0 spiro atoms. The maximum absolute atomic E-state index is 12.4. The Balaban J connectivity index is 2.30. The number of hydrogen-bond donors (Lipinski definition) is 2. The number of nitro groups is 1. The third-order valence-electron chi connectivity index (χ3n) is 3.76. The predicted molar refractivity (Wildman–Crippen MR) is 79.3 cm³/mol. The van der Waals surface area contributed by atoms with Gasteiger partial charge in [0.15, 0.2) is 4.90 Å². The smallest absolute Gasteiger partial charge is 0.291 e. The summed E-state index contributed by atoms with van der Waals surface area (Å²) >= 11 is 0. The molecule has 0 aliphatic heterocycles. The molecule has 1 aliphatic carbocycles. The van der Waals surface area contributed by atoms with E-state index in [1.165, 1.54) is 12.1 Å². The third kappa shape index (κ3) is 3.51. The van der Waals surface area contributed by atoms with E-state index in [9.17, 15) is 18.5 Å². The van der Waals surface area contributed by atoms with E-state index in [2.05, 4.69) is 18.6 Å². The van der Waals surface area contributed by atoms with E-state index in [1.54, 1.807) is 0 Å². The maximum atomic E-state index is 12.4. The van der Waals surface area contributed by atoms with Crippen LogP contribution < -0.4 is 10.5 Å². The summed E-state index contributed by atoms with van der Waals surface area (Å²) < 4.78 is 27.3. The highest BCUT2D eigenvalue weighted by Gasteiger charge is 2.35. The van der Waals surface area contributed by atoms with Crippen molar-refractivity contribution in [3.63, 3.8) is 0 Å². The van der Waals surface area contributed by atoms with E-state index in [0.29, 0.717) is 0 Å². The van der Waals surface area contributed by atoms with Gasteiger partial charge in [-0.1, -0.05) is 13.8 Å².